The molecule has 4 aliphatic rings. The zero-order chi connectivity index (χ0) is 18.9. The molecule has 146 valence electrons. The molecule has 4 nitrogen and oxygen atoms in total. The lowest BCUT2D eigenvalue weighted by Gasteiger charge is -2.58. The van der Waals surface area contributed by atoms with Crippen LogP contribution in [0.3, 0.4) is 0 Å². The van der Waals surface area contributed by atoms with E-state index in [1.807, 2.05) is 30.3 Å². The summed E-state index contributed by atoms with van der Waals surface area (Å²) < 4.78 is 5.43. The Hall–Kier alpha value is -1.20. The molecule has 1 aromatic rings. The van der Waals surface area contributed by atoms with Gasteiger partial charge in [-0.15, -0.1) is 23.4 Å². The maximum Gasteiger partial charge on any atom is 0.312 e. The van der Waals surface area contributed by atoms with Crippen LogP contribution < -0.4 is 5.32 Å². The molecule has 0 aliphatic heterocycles. The third kappa shape index (κ3) is 4.29. The smallest absolute Gasteiger partial charge is 0.312 e. The number of thioether (sulfide) groups is 1. The SMILES string of the molecule is O=C(COC(=O)C12C[C@@H]3C[C@@H](CC(Cl)(C3)C1)C2)NCCSc1ccccc1. The first-order chi connectivity index (χ1) is 13.0. The van der Waals surface area contributed by atoms with E-state index in [2.05, 4.69) is 5.32 Å². The number of benzene rings is 1. The largest absolute Gasteiger partial charge is 0.455 e. The molecule has 0 aromatic heterocycles. The molecular weight excluding hydrogens is 382 g/mol. The van der Waals surface area contributed by atoms with Crippen molar-refractivity contribution >= 4 is 35.2 Å². The van der Waals surface area contributed by atoms with Crippen LogP contribution in [0.4, 0.5) is 0 Å². The fraction of sp³-hybridized carbons (Fsp3) is 0.619. The lowest BCUT2D eigenvalue weighted by atomic mass is 9.49. The van der Waals surface area contributed by atoms with E-state index in [4.69, 9.17) is 16.3 Å². The van der Waals surface area contributed by atoms with Crippen molar-refractivity contribution < 1.29 is 14.3 Å². The first-order valence-electron chi connectivity index (χ1n) is 9.77. The molecule has 4 saturated carbocycles. The van der Waals surface area contributed by atoms with E-state index in [0.29, 0.717) is 24.8 Å². The van der Waals surface area contributed by atoms with Gasteiger partial charge in [-0.1, -0.05) is 18.2 Å². The molecule has 4 bridgehead atoms. The molecule has 4 atom stereocenters. The minimum absolute atomic E-state index is 0.193. The summed E-state index contributed by atoms with van der Waals surface area (Å²) in [6.45, 7) is 0.358. The van der Waals surface area contributed by atoms with Gasteiger partial charge in [-0.05, 0) is 62.5 Å². The zero-order valence-electron chi connectivity index (χ0n) is 15.4. The average molecular weight is 408 g/mol. The van der Waals surface area contributed by atoms with Crippen LogP contribution in [0.2, 0.25) is 0 Å². The summed E-state index contributed by atoms with van der Waals surface area (Å²) in [4.78, 5) is 25.8. The molecule has 0 spiro atoms. The summed E-state index contributed by atoms with van der Waals surface area (Å²) in [7, 11) is 0. The van der Waals surface area contributed by atoms with Gasteiger partial charge >= 0.3 is 5.97 Å². The number of ether oxygens (including phenoxy) is 1. The minimum Gasteiger partial charge on any atom is -0.455 e. The predicted molar refractivity (Wildman–Crippen MR) is 107 cm³/mol. The van der Waals surface area contributed by atoms with Crippen molar-refractivity contribution in [2.75, 3.05) is 18.9 Å². The Morgan fingerprint density at radius 3 is 2.52 bits per heavy atom. The number of carbonyl (C=O) groups excluding carboxylic acids is 2. The van der Waals surface area contributed by atoms with Crippen molar-refractivity contribution in [2.45, 2.75) is 48.3 Å². The topological polar surface area (TPSA) is 55.4 Å². The van der Waals surface area contributed by atoms with E-state index >= 15 is 0 Å². The fourth-order valence-electron chi connectivity index (χ4n) is 5.60. The fourth-order valence-corrected chi connectivity index (χ4v) is 7.08. The summed E-state index contributed by atoms with van der Waals surface area (Å²) in [5, 5.41) is 2.83. The third-order valence-corrected chi connectivity index (χ3v) is 7.65. The lowest BCUT2D eigenvalue weighted by Crippen LogP contribution is -2.56. The van der Waals surface area contributed by atoms with Crippen molar-refractivity contribution in [1.82, 2.24) is 5.32 Å². The Labute approximate surface area is 169 Å². The summed E-state index contributed by atoms with van der Waals surface area (Å²) in [5.74, 6) is 1.42. The normalized spacial score (nSPS) is 33.7. The van der Waals surface area contributed by atoms with Gasteiger partial charge in [0.1, 0.15) is 0 Å². The number of alkyl halides is 1. The molecule has 1 aromatic carbocycles. The van der Waals surface area contributed by atoms with Crippen LogP contribution in [-0.2, 0) is 14.3 Å². The molecule has 0 radical (unpaired) electrons. The Bertz CT molecular complexity index is 697. The van der Waals surface area contributed by atoms with Gasteiger partial charge in [-0.2, -0.15) is 0 Å². The Morgan fingerprint density at radius 2 is 1.85 bits per heavy atom. The predicted octanol–water partition coefficient (Wildman–Crippen LogP) is 4.02. The van der Waals surface area contributed by atoms with Gasteiger partial charge in [-0.25, -0.2) is 0 Å². The van der Waals surface area contributed by atoms with E-state index in [0.717, 1.165) is 31.4 Å². The standard InChI is InChI=1S/C21H26ClNO3S/c22-21-11-15-8-16(12-21)10-20(9-15,14-21)19(25)26-13-18(24)23-6-7-27-17-4-2-1-3-5-17/h1-5,15-16H,6-14H2,(H,23,24)/t15-,16+,20?,21?. The minimum atomic E-state index is -0.449. The number of amides is 1. The van der Waals surface area contributed by atoms with E-state index < -0.39 is 5.41 Å². The van der Waals surface area contributed by atoms with Gasteiger partial charge in [0.25, 0.3) is 5.91 Å². The van der Waals surface area contributed by atoms with Crippen molar-refractivity contribution in [3.05, 3.63) is 30.3 Å². The highest BCUT2D eigenvalue weighted by molar-refractivity contribution is 7.99. The van der Waals surface area contributed by atoms with Crippen LogP contribution >= 0.6 is 23.4 Å². The number of nitrogens with one attached hydrogen (secondary N) is 1. The van der Waals surface area contributed by atoms with Gasteiger partial charge in [0.15, 0.2) is 6.61 Å². The third-order valence-electron chi connectivity index (χ3n) is 6.19. The van der Waals surface area contributed by atoms with Gasteiger partial charge in [0, 0.05) is 22.1 Å². The number of rotatable bonds is 7. The molecule has 6 heteroatoms. The molecule has 1 amide bonds. The number of halogens is 1. The summed E-state index contributed by atoms with van der Waals surface area (Å²) in [6.07, 6.45) is 5.73. The van der Waals surface area contributed by atoms with E-state index in [-0.39, 0.29) is 23.4 Å². The Morgan fingerprint density at radius 1 is 1.15 bits per heavy atom. The molecule has 27 heavy (non-hydrogen) atoms. The molecule has 1 N–H and O–H groups in total. The summed E-state index contributed by atoms with van der Waals surface area (Å²) >= 11 is 8.46. The van der Waals surface area contributed by atoms with Gasteiger partial charge in [-0.3, -0.25) is 9.59 Å². The van der Waals surface area contributed by atoms with E-state index in [1.54, 1.807) is 11.8 Å². The number of hydrogen-bond donors (Lipinski definition) is 1. The van der Waals surface area contributed by atoms with Crippen molar-refractivity contribution in [3.63, 3.8) is 0 Å². The van der Waals surface area contributed by atoms with Crippen LogP contribution in [0.1, 0.15) is 38.5 Å². The molecule has 5 rings (SSSR count). The lowest BCUT2D eigenvalue weighted by molar-refractivity contribution is -0.171. The van der Waals surface area contributed by atoms with Crippen molar-refractivity contribution in [1.29, 1.82) is 0 Å². The van der Waals surface area contributed by atoms with Crippen LogP contribution in [0.25, 0.3) is 0 Å². The second kappa shape index (κ2) is 7.67. The molecule has 0 heterocycles. The summed E-state index contributed by atoms with van der Waals surface area (Å²) in [5.41, 5.74) is -0.449. The zero-order valence-corrected chi connectivity index (χ0v) is 17.0. The van der Waals surface area contributed by atoms with Gasteiger partial charge < -0.3 is 10.1 Å². The van der Waals surface area contributed by atoms with E-state index in [1.165, 1.54) is 11.3 Å². The van der Waals surface area contributed by atoms with Gasteiger partial charge in [0.05, 0.1) is 5.41 Å². The highest BCUT2D eigenvalue weighted by Crippen LogP contribution is 2.64. The Balaban J connectivity index is 1.21. The maximum absolute atomic E-state index is 12.8. The van der Waals surface area contributed by atoms with Crippen LogP contribution in [0.15, 0.2) is 35.2 Å². The highest BCUT2D eigenvalue weighted by atomic mass is 35.5. The molecule has 4 aliphatic carbocycles. The number of carbonyl (C=O) groups is 2. The van der Waals surface area contributed by atoms with Crippen LogP contribution in [0.5, 0.6) is 0 Å². The van der Waals surface area contributed by atoms with Crippen LogP contribution in [-0.4, -0.2) is 35.7 Å². The van der Waals surface area contributed by atoms with Crippen molar-refractivity contribution in [3.8, 4) is 0 Å². The first kappa shape index (κ1) is 19.1. The Kier molecular flexibility index (Phi) is 5.43. The highest BCUT2D eigenvalue weighted by Gasteiger charge is 2.60. The second-order valence-corrected chi connectivity index (χ2v) is 10.4. The number of hydrogen-bond acceptors (Lipinski definition) is 4. The van der Waals surface area contributed by atoms with Crippen LogP contribution in [0, 0.1) is 17.3 Å². The van der Waals surface area contributed by atoms with Gasteiger partial charge in [0.2, 0.25) is 0 Å². The number of esters is 1. The molecular formula is C21H26ClNO3S. The molecule has 2 unspecified atom stereocenters. The molecule has 4 fully saturated rings. The first-order valence-corrected chi connectivity index (χ1v) is 11.1. The maximum atomic E-state index is 12.8. The van der Waals surface area contributed by atoms with Crippen molar-refractivity contribution in [2.24, 2.45) is 17.3 Å². The molecule has 0 saturated heterocycles. The monoisotopic (exact) mass is 407 g/mol. The van der Waals surface area contributed by atoms with E-state index in [9.17, 15) is 9.59 Å². The average Bonchev–Trinajstić information content (AvgIpc) is 2.62. The second-order valence-electron chi connectivity index (χ2n) is 8.48. The summed E-state index contributed by atoms with van der Waals surface area (Å²) in [6, 6.07) is 10.1. The quantitative estimate of drug-likeness (QED) is 0.321.